The standard InChI is InChI=1S/C14H17NO2/c1-4-9(2)14-12(16)8-10-11(15-14)6-5-7-13(10)17-3/h5-9,16H,4H2,1-3H3. The van der Waals surface area contributed by atoms with Crippen molar-refractivity contribution in [2.75, 3.05) is 7.11 Å². The normalized spacial score (nSPS) is 12.6. The summed E-state index contributed by atoms with van der Waals surface area (Å²) in [7, 11) is 1.62. The van der Waals surface area contributed by atoms with E-state index in [9.17, 15) is 5.11 Å². The van der Waals surface area contributed by atoms with Crippen LogP contribution in [0.25, 0.3) is 10.9 Å². The van der Waals surface area contributed by atoms with Crippen molar-refractivity contribution in [3.05, 3.63) is 30.0 Å². The molecule has 0 aliphatic rings. The van der Waals surface area contributed by atoms with E-state index in [4.69, 9.17) is 4.74 Å². The van der Waals surface area contributed by atoms with Gasteiger partial charge < -0.3 is 9.84 Å². The maximum Gasteiger partial charge on any atom is 0.138 e. The summed E-state index contributed by atoms with van der Waals surface area (Å²) in [5, 5.41) is 10.9. The fourth-order valence-electron chi connectivity index (χ4n) is 1.91. The summed E-state index contributed by atoms with van der Waals surface area (Å²) in [5.74, 6) is 1.24. The molecule has 1 aromatic heterocycles. The van der Waals surface area contributed by atoms with Crippen LogP contribution in [0.3, 0.4) is 0 Å². The van der Waals surface area contributed by atoms with Gasteiger partial charge in [0.05, 0.1) is 18.3 Å². The Kier molecular flexibility index (Phi) is 3.18. The number of aromatic nitrogens is 1. The van der Waals surface area contributed by atoms with Crippen LogP contribution in [-0.2, 0) is 0 Å². The van der Waals surface area contributed by atoms with Crippen LogP contribution >= 0.6 is 0 Å². The predicted molar refractivity (Wildman–Crippen MR) is 68.7 cm³/mol. The highest BCUT2D eigenvalue weighted by Crippen LogP contribution is 2.33. The second kappa shape index (κ2) is 4.62. The molecule has 1 atom stereocenters. The average Bonchev–Trinajstić information content (AvgIpc) is 2.36. The third kappa shape index (κ3) is 2.05. The number of rotatable bonds is 3. The monoisotopic (exact) mass is 231 g/mol. The third-order valence-corrected chi connectivity index (χ3v) is 3.13. The number of fused-ring (bicyclic) bond motifs is 1. The number of methoxy groups -OCH3 is 1. The second-order valence-electron chi connectivity index (χ2n) is 4.23. The second-order valence-corrected chi connectivity index (χ2v) is 4.23. The largest absolute Gasteiger partial charge is 0.506 e. The van der Waals surface area contributed by atoms with E-state index in [0.29, 0.717) is 0 Å². The van der Waals surface area contributed by atoms with Crippen LogP contribution in [0.4, 0.5) is 0 Å². The molecule has 0 radical (unpaired) electrons. The molecule has 0 bridgehead atoms. The van der Waals surface area contributed by atoms with Gasteiger partial charge in [0.15, 0.2) is 0 Å². The smallest absolute Gasteiger partial charge is 0.138 e. The van der Waals surface area contributed by atoms with E-state index in [-0.39, 0.29) is 11.7 Å². The van der Waals surface area contributed by atoms with Crippen molar-refractivity contribution < 1.29 is 9.84 Å². The van der Waals surface area contributed by atoms with Crippen molar-refractivity contribution >= 4 is 10.9 Å². The maximum absolute atomic E-state index is 10.0. The zero-order chi connectivity index (χ0) is 12.4. The quantitative estimate of drug-likeness (QED) is 0.879. The molecule has 0 saturated carbocycles. The van der Waals surface area contributed by atoms with E-state index in [2.05, 4.69) is 18.8 Å². The lowest BCUT2D eigenvalue weighted by Gasteiger charge is -2.12. The molecule has 1 aromatic carbocycles. The highest BCUT2D eigenvalue weighted by molar-refractivity contribution is 5.86. The molecule has 1 N–H and O–H groups in total. The minimum atomic E-state index is 0.247. The lowest BCUT2D eigenvalue weighted by Crippen LogP contribution is -1.97. The van der Waals surface area contributed by atoms with E-state index < -0.39 is 0 Å². The molecule has 0 aliphatic heterocycles. The molecule has 0 amide bonds. The first-order valence-corrected chi connectivity index (χ1v) is 5.84. The fourth-order valence-corrected chi connectivity index (χ4v) is 1.91. The Balaban J connectivity index is 2.66. The number of pyridine rings is 1. The van der Waals surface area contributed by atoms with E-state index in [1.165, 1.54) is 0 Å². The van der Waals surface area contributed by atoms with Crippen molar-refractivity contribution in [1.82, 2.24) is 4.98 Å². The topological polar surface area (TPSA) is 42.4 Å². The van der Waals surface area contributed by atoms with Gasteiger partial charge in [-0.1, -0.05) is 19.9 Å². The summed E-state index contributed by atoms with van der Waals surface area (Å²) in [6, 6.07) is 7.45. The van der Waals surface area contributed by atoms with Gasteiger partial charge in [0.1, 0.15) is 11.5 Å². The first-order chi connectivity index (χ1) is 8.17. The Bertz CT molecular complexity index is 537. The molecule has 1 unspecified atom stereocenters. The minimum absolute atomic E-state index is 0.247. The van der Waals surface area contributed by atoms with Crippen molar-refractivity contribution in [2.45, 2.75) is 26.2 Å². The molecule has 3 heteroatoms. The first-order valence-electron chi connectivity index (χ1n) is 5.84. The van der Waals surface area contributed by atoms with E-state index in [1.54, 1.807) is 13.2 Å². The number of hydrogen-bond acceptors (Lipinski definition) is 3. The summed E-state index contributed by atoms with van der Waals surface area (Å²) in [6.45, 7) is 4.15. The van der Waals surface area contributed by atoms with E-state index in [1.807, 2.05) is 18.2 Å². The Morgan fingerprint density at radius 1 is 1.41 bits per heavy atom. The molecular weight excluding hydrogens is 214 g/mol. The molecule has 1 heterocycles. The number of ether oxygens (including phenoxy) is 1. The van der Waals surface area contributed by atoms with Crippen molar-refractivity contribution in [1.29, 1.82) is 0 Å². The maximum atomic E-state index is 10.0. The van der Waals surface area contributed by atoms with Gasteiger partial charge in [0, 0.05) is 11.3 Å². The van der Waals surface area contributed by atoms with Crippen molar-refractivity contribution in [3.8, 4) is 11.5 Å². The molecule has 17 heavy (non-hydrogen) atoms. The molecule has 0 saturated heterocycles. The molecule has 2 rings (SSSR count). The summed E-state index contributed by atoms with van der Waals surface area (Å²) in [4.78, 5) is 4.52. The van der Waals surface area contributed by atoms with Gasteiger partial charge in [0.25, 0.3) is 0 Å². The average molecular weight is 231 g/mol. The van der Waals surface area contributed by atoms with Gasteiger partial charge >= 0.3 is 0 Å². The Labute approximate surface area is 101 Å². The van der Waals surface area contributed by atoms with E-state index in [0.717, 1.165) is 28.8 Å². The zero-order valence-corrected chi connectivity index (χ0v) is 10.4. The fraction of sp³-hybridized carbons (Fsp3) is 0.357. The Morgan fingerprint density at radius 3 is 2.82 bits per heavy atom. The van der Waals surface area contributed by atoms with Gasteiger partial charge in [0.2, 0.25) is 0 Å². The molecule has 0 aliphatic carbocycles. The first kappa shape index (κ1) is 11.7. The molecular formula is C14H17NO2. The van der Waals surface area contributed by atoms with Gasteiger partial charge in [-0.05, 0) is 24.6 Å². The van der Waals surface area contributed by atoms with Gasteiger partial charge in [-0.2, -0.15) is 0 Å². The molecule has 2 aromatic rings. The minimum Gasteiger partial charge on any atom is -0.506 e. The van der Waals surface area contributed by atoms with Crippen LogP contribution in [0.5, 0.6) is 11.5 Å². The lowest BCUT2D eigenvalue weighted by molar-refractivity contribution is 0.419. The van der Waals surface area contributed by atoms with Crippen LogP contribution < -0.4 is 4.74 Å². The van der Waals surface area contributed by atoms with Crippen LogP contribution in [0.2, 0.25) is 0 Å². The Hall–Kier alpha value is -1.77. The number of hydrogen-bond donors (Lipinski definition) is 1. The van der Waals surface area contributed by atoms with Crippen LogP contribution in [0.15, 0.2) is 24.3 Å². The lowest BCUT2D eigenvalue weighted by atomic mass is 10.0. The number of benzene rings is 1. The summed E-state index contributed by atoms with van der Waals surface area (Å²) < 4.78 is 5.26. The summed E-state index contributed by atoms with van der Waals surface area (Å²) in [6.07, 6.45) is 0.954. The van der Waals surface area contributed by atoms with Crippen molar-refractivity contribution in [2.24, 2.45) is 0 Å². The summed E-state index contributed by atoms with van der Waals surface area (Å²) >= 11 is 0. The van der Waals surface area contributed by atoms with Gasteiger partial charge in [-0.3, -0.25) is 0 Å². The molecule has 90 valence electrons. The molecule has 0 fully saturated rings. The Morgan fingerprint density at radius 2 is 2.18 bits per heavy atom. The molecule has 3 nitrogen and oxygen atoms in total. The van der Waals surface area contributed by atoms with Crippen molar-refractivity contribution in [3.63, 3.8) is 0 Å². The summed E-state index contributed by atoms with van der Waals surface area (Å²) in [5.41, 5.74) is 1.62. The van der Waals surface area contributed by atoms with Gasteiger partial charge in [-0.25, -0.2) is 4.98 Å². The van der Waals surface area contributed by atoms with Crippen LogP contribution in [0.1, 0.15) is 31.9 Å². The van der Waals surface area contributed by atoms with Crippen LogP contribution in [-0.4, -0.2) is 17.2 Å². The molecule has 0 spiro atoms. The number of aromatic hydroxyl groups is 1. The van der Waals surface area contributed by atoms with E-state index >= 15 is 0 Å². The van der Waals surface area contributed by atoms with Gasteiger partial charge in [-0.15, -0.1) is 0 Å². The highest BCUT2D eigenvalue weighted by atomic mass is 16.5. The highest BCUT2D eigenvalue weighted by Gasteiger charge is 2.13. The zero-order valence-electron chi connectivity index (χ0n) is 10.4. The predicted octanol–water partition coefficient (Wildman–Crippen LogP) is 3.46. The third-order valence-electron chi connectivity index (χ3n) is 3.13. The SMILES string of the molecule is CCC(C)c1nc2cccc(OC)c2cc1O. The van der Waals surface area contributed by atoms with Crippen LogP contribution in [0, 0.1) is 0 Å². The number of nitrogens with zero attached hydrogens (tertiary/aromatic N) is 1.